The van der Waals surface area contributed by atoms with E-state index in [9.17, 15) is 8.42 Å². The van der Waals surface area contributed by atoms with Gasteiger partial charge in [0, 0.05) is 19.6 Å². The molecule has 2 atom stereocenters. The minimum absolute atomic E-state index is 0.0682. The summed E-state index contributed by atoms with van der Waals surface area (Å²) in [5.41, 5.74) is 0. The maximum Gasteiger partial charge on any atom is 0.217 e. The molecule has 0 radical (unpaired) electrons. The first-order chi connectivity index (χ1) is 7.37. The Hall–Kier alpha value is -0.130. The van der Waals surface area contributed by atoms with Gasteiger partial charge in [0.2, 0.25) is 10.0 Å². The molecule has 0 spiro atoms. The minimum atomic E-state index is -3.16. The van der Waals surface area contributed by atoms with Gasteiger partial charge in [0.25, 0.3) is 0 Å². The zero-order valence-electron chi connectivity index (χ0n) is 11.2. The lowest BCUT2D eigenvalue weighted by Crippen LogP contribution is -2.43. The molecule has 4 nitrogen and oxygen atoms in total. The highest BCUT2D eigenvalue weighted by atomic mass is 32.2. The van der Waals surface area contributed by atoms with Crippen molar-refractivity contribution >= 4 is 10.0 Å². The Kier molecular flexibility index (Phi) is 7.19. The molecule has 16 heavy (non-hydrogen) atoms. The smallest absolute Gasteiger partial charge is 0.217 e. The number of nitrogens with zero attached hydrogens (tertiary/aromatic N) is 1. The molecule has 98 valence electrons. The predicted molar refractivity (Wildman–Crippen MR) is 69.1 cm³/mol. The second-order valence-electron chi connectivity index (χ2n) is 4.33. The lowest BCUT2D eigenvalue weighted by Gasteiger charge is -2.26. The van der Waals surface area contributed by atoms with Crippen LogP contribution in [0.4, 0.5) is 0 Å². The van der Waals surface area contributed by atoms with E-state index in [1.807, 2.05) is 13.8 Å². The van der Waals surface area contributed by atoms with Crippen molar-refractivity contribution in [1.82, 2.24) is 9.62 Å². The molecule has 0 aliphatic carbocycles. The van der Waals surface area contributed by atoms with Crippen molar-refractivity contribution in [3.8, 4) is 0 Å². The van der Waals surface area contributed by atoms with Crippen molar-refractivity contribution in [2.45, 2.75) is 51.8 Å². The van der Waals surface area contributed by atoms with Crippen LogP contribution in [0.25, 0.3) is 0 Å². The summed E-state index contributed by atoms with van der Waals surface area (Å²) in [7, 11) is -1.49. The third-order valence-electron chi connectivity index (χ3n) is 2.98. The van der Waals surface area contributed by atoms with Crippen LogP contribution < -0.4 is 5.32 Å². The Bertz CT molecular complexity index is 278. The summed E-state index contributed by atoms with van der Waals surface area (Å²) >= 11 is 0. The highest BCUT2D eigenvalue weighted by Gasteiger charge is 2.28. The third kappa shape index (κ3) is 4.39. The number of nitrogens with one attached hydrogen (secondary N) is 1. The van der Waals surface area contributed by atoms with Crippen molar-refractivity contribution in [1.29, 1.82) is 0 Å². The SMILES string of the molecule is CCCNCC(C)S(=O)(=O)N(C)C(C)CC. The summed E-state index contributed by atoms with van der Waals surface area (Å²) in [6, 6.07) is 0.0682. The zero-order valence-corrected chi connectivity index (χ0v) is 12.0. The molecule has 1 N–H and O–H groups in total. The first kappa shape index (κ1) is 15.9. The zero-order chi connectivity index (χ0) is 12.8. The molecule has 0 bridgehead atoms. The van der Waals surface area contributed by atoms with E-state index in [1.54, 1.807) is 14.0 Å². The molecule has 2 unspecified atom stereocenters. The van der Waals surface area contributed by atoms with Gasteiger partial charge in [-0.25, -0.2) is 12.7 Å². The van der Waals surface area contributed by atoms with Gasteiger partial charge in [-0.2, -0.15) is 0 Å². The topological polar surface area (TPSA) is 49.4 Å². The molecule has 0 rings (SSSR count). The van der Waals surface area contributed by atoms with Crippen LogP contribution in [0.1, 0.15) is 40.5 Å². The molecule has 0 amide bonds. The first-order valence-electron chi connectivity index (χ1n) is 6.05. The normalized spacial score (nSPS) is 16.4. The lowest BCUT2D eigenvalue weighted by molar-refractivity contribution is 0.374. The molecule has 0 aromatic heterocycles. The quantitative estimate of drug-likeness (QED) is 0.663. The van der Waals surface area contributed by atoms with Crippen LogP contribution in [0.5, 0.6) is 0 Å². The molecule has 5 heteroatoms. The molecule has 0 aliphatic heterocycles. The average molecular weight is 250 g/mol. The Morgan fingerprint density at radius 1 is 1.25 bits per heavy atom. The van der Waals surface area contributed by atoms with Crippen molar-refractivity contribution in [2.24, 2.45) is 0 Å². The second-order valence-corrected chi connectivity index (χ2v) is 6.74. The van der Waals surface area contributed by atoms with Gasteiger partial charge in [-0.15, -0.1) is 0 Å². The predicted octanol–water partition coefficient (Wildman–Crippen LogP) is 1.43. The molecule has 0 aromatic rings. The van der Waals surface area contributed by atoms with Gasteiger partial charge in [0.15, 0.2) is 0 Å². The summed E-state index contributed by atoms with van der Waals surface area (Å²) in [6.07, 6.45) is 1.86. The molecule has 0 heterocycles. The van der Waals surface area contributed by atoms with Crippen molar-refractivity contribution < 1.29 is 8.42 Å². The third-order valence-corrected chi connectivity index (χ3v) is 5.33. The summed E-state index contributed by atoms with van der Waals surface area (Å²) < 4.78 is 25.7. The summed E-state index contributed by atoms with van der Waals surface area (Å²) in [5.74, 6) is 0. The number of hydrogen-bond acceptors (Lipinski definition) is 3. The molecule has 0 aliphatic rings. The fourth-order valence-electron chi connectivity index (χ4n) is 1.38. The Morgan fingerprint density at radius 3 is 2.25 bits per heavy atom. The monoisotopic (exact) mass is 250 g/mol. The lowest BCUT2D eigenvalue weighted by atomic mass is 10.3. The van der Waals surface area contributed by atoms with E-state index >= 15 is 0 Å². The maximum atomic E-state index is 12.1. The largest absolute Gasteiger partial charge is 0.315 e. The Balaban J connectivity index is 4.41. The fourth-order valence-corrected chi connectivity index (χ4v) is 2.93. The molecular weight excluding hydrogens is 224 g/mol. The van der Waals surface area contributed by atoms with E-state index in [1.165, 1.54) is 4.31 Å². The van der Waals surface area contributed by atoms with Crippen molar-refractivity contribution in [2.75, 3.05) is 20.1 Å². The van der Waals surface area contributed by atoms with Crippen LogP contribution in [0.3, 0.4) is 0 Å². The highest BCUT2D eigenvalue weighted by molar-refractivity contribution is 7.89. The molecule has 0 aromatic carbocycles. The highest BCUT2D eigenvalue weighted by Crippen LogP contribution is 2.12. The van der Waals surface area contributed by atoms with E-state index in [0.29, 0.717) is 6.54 Å². The van der Waals surface area contributed by atoms with Gasteiger partial charge in [-0.1, -0.05) is 13.8 Å². The summed E-state index contributed by atoms with van der Waals surface area (Å²) in [6.45, 7) is 9.15. The van der Waals surface area contributed by atoms with Gasteiger partial charge in [0.05, 0.1) is 5.25 Å². The fraction of sp³-hybridized carbons (Fsp3) is 1.00. The van der Waals surface area contributed by atoms with E-state index in [0.717, 1.165) is 19.4 Å². The summed E-state index contributed by atoms with van der Waals surface area (Å²) in [4.78, 5) is 0. The van der Waals surface area contributed by atoms with E-state index < -0.39 is 10.0 Å². The van der Waals surface area contributed by atoms with Crippen LogP contribution >= 0.6 is 0 Å². The molecule has 0 saturated carbocycles. The van der Waals surface area contributed by atoms with Gasteiger partial charge >= 0.3 is 0 Å². The van der Waals surface area contributed by atoms with Crippen molar-refractivity contribution in [3.05, 3.63) is 0 Å². The van der Waals surface area contributed by atoms with E-state index in [4.69, 9.17) is 0 Å². The number of rotatable bonds is 8. The number of hydrogen-bond donors (Lipinski definition) is 1. The van der Waals surface area contributed by atoms with Crippen LogP contribution in [0, 0.1) is 0 Å². The number of sulfonamides is 1. The second kappa shape index (κ2) is 7.25. The van der Waals surface area contributed by atoms with E-state index in [2.05, 4.69) is 12.2 Å². The van der Waals surface area contributed by atoms with Gasteiger partial charge in [0.1, 0.15) is 0 Å². The van der Waals surface area contributed by atoms with E-state index in [-0.39, 0.29) is 11.3 Å². The maximum absolute atomic E-state index is 12.1. The summed E-state index contributed by atoms with van der Waals surface area (Å²) in [5, 5.41) is 2.78. The standard InChI is InChI=1S/C11H26N2O2S/c1-6-8-12-9-11(4)16(14,15)13(5)10(3)7-2/h10-12H,6-9H2,1-5H3. The van der Waals surface area contributed by atoms with Gasteiger partial charge in [-0.3, -0.25) is 0 Å². The first-order valence-corrected chi connectivity index (χ1v) is 7.55. The van der Waals surface area contributed by atoms with Gasteiger partial charge in [-0.05, 0) is 33.2 Å². The Labute approximate surface area is 100 Å². The Morgan fingerprint density at radius 2 is 1.81 bits per heavy atom. The van der Waals surface area contributed by atoms with Crippen LogP contribution in [0.15, 0.2) is 0 Å². The van der Waals surface area contributed by atoms with Crippen LogP contribution in [-0.2, 0) is 10.0 Å². The van der Waals surface area contributed by atoms with Crippen LogP contribution in [-0.4, -0.2) is 44.2 Å². The molecule has 0 fully saturated rings. The van der Waals surface area contributed by atoms with Gasteiger partial charge < -0.3 is 5.32 Å². The average Bonchev–Trinajstić information content (AvgIpc) is 2.26. The minimum Gasteiger partial charge on any atom is -0.315 e. The molecule has 0 saturated heterocycles. The molecular formula is C11H26N2O2S. The van der Waals surface area contributed by atoms with Crippen LogP contribution in [0.2, 0.25) is 0 Å². The van der Waals surface area contributed by atoms with Crippen molar-refractivity contribution in [3.63, 3.8) is 0 Å².